The second kappa shape index (κ2) is 7.63. The van der Waals surface area contributed by atoms with Gasteiger partial charge in [-0.15, -0.1) is 10.2 Å². The molecule has 5 rings (SSSR count). The second-order valence-electron chi connectivity index (χ2n) is 8.09. The molecule has 154 valence electrons. The number of nitrogens with one attached hydrogen (secondary N) is 1. The monoisotopic (exact) mass is 408 g/mol. The Morgan fingerprint density at radius 2 is 1.87 bits per heavy atom. The summed E-state index contributed by atoms with van der Waals surface area (Å²) in [6, 6.07) is 10.8. The van der Waals surface area contributed by atoms with Gasteiger partial charge in [-0.1, -0.05) is 18.6 Å². The molecule has 0 bridgehead atoms. The number of hydrogen-bond donors (Lipinski definition) is 1. The van der Waals surface area contributed by atoms with Crippen LogP contribution in [0.4, 0.5) is 14.5 Å². The maximum absolute atomic E-state index is 14.4. The van der Waals surface area contributed by atoms with Gasteiger partial charge in [-0.2, -0.15) is 0 Å². The Labute approximate surface area is 173 Å². The van der Waals surface area contributed by atoms with Crippen molar-refractivity contribution < 1.29 is 13.6 Å². The number of carbonyl (C=O) groups is 1. The van der Waals surface area contributed by atoms with Crippen LogP contribution in [0.5, 0.6) is 0 Å². The molecule has 1 aliphatic heterocycles. The topological polar surface area (TPSA) is 59.8 Å². The van der Waals surface area contributed by atoms with Crippen LogP contribution >= 0.6 is 0 Å². The van der Waals surface area contributed by atoms with Gasteiger partial charge < -0.3 is 9.88 Å². The van der Waals surface area contributed by atoms with E-state index < -0.39 is 5.82 Å². The molecule has 1 N–H and O–H groups in total. The van der Waals surface area contributed by atoms with E-state index in [0.717, 1.165) is 49.2 Å². The van der Waals surface area contributed by atoms with Crippen molar-refractivity contribution in [1.82, 2.24) is 14.8 Å². The number of halogens is 2. The van der Waals surface area contributed by atoms with Crippen LogP contribution in [0.3, 0.4) is 0 Å². The number of aryl methyl sites for hydroxylation is 1. The molecule has 1 amide bonds. The summed E-state index contributed by atoms with van der Waals surface area (Å²) in [4.78, 5) is 12.7. The molecule has 30 heavy (non-hydrogen) atoms. The summed E-state index contributed by atoms with van der Waals surface area (Å²) in [7, 11) is 0. The Bertz CT molecular complexity index is 1090. The van der Waals surface area contributed by atoms with E-state index in [2.05, 4.69) is 20.1 Å². The first-order valence-electron chi connectivity index (χ1n) is 10.4. The Hall–Kier alpha value is -3.09. The molecule has 2 atom stereocenters. The highest BCUT2D eigenvalue weighted by atomic mass is 19.1. The molecule has 0 saturated heterocycles. The molecule has 0 spiro atoms. The first kappa shape index (κ1) is 18.9. The van der Waals surface area contributed by atoms with Gasteiger partial charge in [0, 0.05) is 24.4 Å². The molecule has 2 aliphatic rings. The predicted molar refractivity (Wildman–Crippen MR) is 109 cm³/mol. The maximum atomic E-state index is 14.4. The van der Waals surface area contributed by atoms with Crippen molar-refractivity contribution in [1.29, 1.82) is 0 Å². The summed E-state index contributed by atoms with van der Waals surface area (Å²) in [5, 5.41) is 11.3. The van der Waals surface area contributed by atoms with Crippen LogP contribution in [-0.2, 0) is 17.8 Å². The number of anilines is 1. The van der Waals surface area contributed by atoms with Gasteiger partial charge in [0.05, 0.1) is 5.69 Å². The van der Waals surface area contributed by atoms with Gasteiger partial charge in [-0.05, 0) is 61.1 Å². The summed E-state index contributed by atoms with van der Waals surface area (Å²) < 4.78 is 29.6. The minimum atomic E-state index is -0.485. The minimum absolute atomic E-state index is 0.0455. The predicted octanol–water partition coefficient (Wildman–Crippen LogP) is 4.69. The van der Waals surface area contributed by atoms with Crippen LogP contribution in [0.1, 0.15) is 43.0 Å². The van der Waals surface area contributed by atoms with Crippen molar-refractivity contribution in [3.63, 3.8) is 0 Å². The van der Waals surface area contributed by atoms with E-state index in [-0.39, 0.29) is 29.2 Å². The van der Waals surface area contributed by atoms with Crippen molar-refractivity contribution in [2.24, 2.45) is 5.92 Å². The van der Waals surface area contributed by atoms with Crippen molar-refractivity contribution in [2.45, 2.75) is 44.6 Å². The lowest BCUT2D eigenvalue weighted by Crippen LogP contribution is -2.15. The fourth-order valence-corrected chi connectivity index (χ4v) is 4.25. The molecule has 7 heteroatoms. The van der Waals surface area contributed by atoms with Gasteiger partial charge in [0.15, 0.2) is 5.82 Å². The number of fused-ring (bicyclic) bond motifs is 1. The number of aromatic nitrogens is 3. The lowest BCUT2D eigenvalue weighted by atomic mass is 10.1. The van der Waals surface area contributed by atoms with Crippen molar-refractivity contribution in [3.05, 3.63) is 65.5 Å². The zero-order valence-electron chi connectivity index (χ0n) is 16.4. The minimum Gasteiger partial charge on any atom is -0.323 e. The van der Waals surface area contributed by atoms with Gasteiger partial charge in [-0.25, -0.2) is 8.78 Å². The molecule has 5 nitrogen and oxygen atoms in total. The van der Waals surface area contributed by atoms with Gasteiger partial charge in [-0.3, -0.25) is 4.79 Å². The average molecular weight is 408 g/mol. The third-order valence-electron chi connectivity index (χ3n) is 6.02. The highest BCUT2D eigenvalue weighted by Crippen LogP contribution is 2.48. The van der Waals surface area contributed by atoms with Crippen LogP contribution in [0.2, 0.25) is 0 Å². The lowest BCUT2D eigenvalue weighted by Gasteiger charge is -2.10. The number of amides is 1. The summed E-state index contributed by atoms with van der Waals surface area (Å²) >= 11 is 0. The molecule has 1 aromatic heterocycles. The summed E-state index contributed by atoms with van der Waals surface area (Å²) in [5.74, 6) is 0.468. The Kier molecular flexibility index (Phi) is 4.81. The number of rotatable bonds is 4. The number of nitrogens with zero attached hydrogens (tertiary/aromatic N) is 3. The molecule has 3 aromatic rings. The zero-order chi connectivity index (χ0) is 20.7. The first-order chi connectivity index (χ1) is 14.6. The van der Waals surface area contributed by atoms with Crippen molar-refractivity contribution >= 4 is 11.6 Å². The standard InChI is InChI=1S/C23H22F2N4O/c24-16-8-5-14(6-9-16)17-13-18(17)23(30)26-20-12-15(7-10-19(20)25)22-28-27-21-4-2-1-3-11-29(21)22/h5-10,12,17-18H,1-4,11,13H2,(H,26,30). The normalized spacial score (nSPS) is 20.3. The van der Waals surface area contributed by atoms with Crippen LogP contribution in [0.25, 0.3) is 11.4 Å². The molecule has 2 aromatic carbocycles. The van der Waals surface area contributed by atoms with Gasteiger partial charge in [0.1, 0.15) is 17.5 Å². The highest BCUT2D eigenvalue weighted by molar-refractivity contribution is 5.95. The third kappa shape index (κ3) is 3.60. The van der Waals surface area contributed by atoms with E-state index in [0.29, 0.717) is 12.2 Å². The highest BCUT2D eigenvalue weighted by Gasteiger charge is 2.44. The van der Waals surface area contributed by atoms with E-state index in [1.165, 1.54) is 18.2 Å². The van der Waals surface area contributed by atoms with E-state index in [4.69, 9.17) is 0 Å². The van der Waals surface area contributed by atoms with E-state index in [1.54, 1.807) is 24.3 Å². The third-order valence-corrected chi connectivity index (χ3v) is 6.02. The van der Waals surface area contributed by atoms with Crippen LogP contribution < -0.4 is 5.32 Å². The van der Waals surface area contributed by atoms with Crippen molar-refractivity contribution in [3.8, 4) is 11.4 Å². The molecule has 2 heterocycles. The fourth-order valence-electron chi connectivity index (χ4n) is 4.25. The van der Waals surface area contributed by atoms with Crippen LogP contribution in [-0.4, -0.2) is 20.7 Å². The molecular formula is C23H22F2N4O. The summed E-state index contributed by atoms with van der Waals surface area (Å²) in [6.07, 6.45) is 4.89. The number of benzene rings is 2. The largest absolute Gasteiger partial charge is 0.323 e. The molecule has 2 unspecified atom stereocenters. The van der Waals surface area contributed by atoms with Crippen LogP contribution in [0.15, 0.2) is 42.5 Å². The molecule has 1 saturated carbocycles. The van der Waals surface area contributed by atoms with E-state index in [1.807, 2.05) is 0 Å². The maximum Gasteiger partial charge on any atom is 0.228 e. The van der Waals surface area contributed by atoms with Gasteiger partial charge >= 0.3 is 0 Å². The summed E-state index contributed by atoms with van der Waals surface area (Å²) in [6.45, 7) is 0.845. The molecule has 0 radical (unpaired) electrons. The number of carbonyl (C=O) groups excluding carboxylic acids is 1. The molecular weight excluding hydrogens is 386 g/mol. The van der Waals surface area contributed by atoms with Crippen molar-refractivity contribution in [2.75, 3.05) is 5.32 Å². The average Bonchev–Trinajstić information content (AvgIpc) is 3.50. The SMILES string of the molecule is O=C(Nc1cc(-c2nnc3n2CCCCC3)ccc1F)C1CC1c1ccc(F)cc1. The lowest BCUT2D eigenvalue weighted by molar-refractivity contribution is -0.117. The fraction of sp³-hybridized carbons (Fsp3) is 0.348. The molecule has 1 aliphatic carbocycles. The smallest absolute Gasteiger partial charge is 0.228 e. The van der Waals surface area contributed by atoms with E-state index >= 15 is 0 Å². The molecule has 1 fully saturated rings. The van der Waals surface area contributed by atoms with E-state index in [9.17, 15) is 13.6 Å². The second-order valence-corrected chi connectivity index (χ2v) is 8.09. The van der Waals surface area contributed by atoms with Gasteiger partial charge in [0.2, 0.25) is 5.91 Å². The number of hydrogen-bond acceptors (Lipinski definition) is 3. The first-order valence-corrected chi connectivity index (χ1v) is 10.4. The zero-order valence-corrected chi connectivity index (χ0v) is 16.4. The Morgan fingerprint density at radius 3 is 2.70 bits per heavy atom. The Morgan fingerprint density at radius 1 is 1.03 bits per heavy atom. The quantitative estimate of drug-likeness (QED) is 0.681. The van der Waals surface area contributed by atoms with Gasteiger partial charge in [0.25, 0.3) is 0 Å². The summed E-state index contributed by atoms with van der Waals surface area (Å²) in [5.41, 5.74) is 1.81. The Balaban J connectivity index is 1.34. The van der Waals surface area contributed by atoms with Crippen LogP contribution in [0, 0.1) is 17.6 Å².